The topological polar surface area (TPSA) is 89.7 Å². The van der Waals surface area contributed by atoms with Crippen molar-refractivity contribution >= 4 is 22.6 Å². The number of carbonyl (C=O) groups excluding carboxylic acids is 1. The summed E-state index contributed by atoms with van der Waals surface area (Å²) in [6.07, 6.45) is 4.03. The monoisotopic (exact) mass is 479 g/mol. The van der Waals surface area contributed by atoms with E-state index in [2.05, 4.69) is 22.0 Å². The maximum absolute atomic E-state index is 13.5. The van der Waals surface area contributed by atoms with Crippen LogP contribution in [-0.4, -0.2) is 57.7 Å². The quantitative estimate of drug-likeness (QED) is 0.492. The van der Waals surface area contributed by atoms with Gasteiger partial charge in [-0.15, -0.1) is 0 Å². The Hall–Kier alpha value is -3.62. The average Bonchev–Trinajstić information content (AvgIpc) is 2.89. The molecule has 0 saturated carbocycles. The minimum atomic E-state index is -0.559. The van der Waals surface area contributed by atoms with Crippen LogP contribution in [0.3, 0.4) is 0 Å². The zero-order chi connectivity index (χ0) is 24.9. The van der Waals surface area contributed by atoms with E-state index < -0.39 is 11.2 Å². The number of anilines is 1. The van der Waals surface area contributed by atoms with Gasteiger partial charge in [0.2, 0.25) is 5.91 Å². The first kappa shape index (κ1) is 24.5. The van der Waals surface area contributed by atoms with Crippen LogP contribution in [0.5, 0.6) is 5.75 Å². The third kappa shape index (κ3) is 4.94. The fraction of sp³-hybridized carbons (Fsp3) is 0.462. The summed E-state index contributed by atoms with van der Waals surface area (Å²) >= 11 is 0. The van der Waals surface area contributed by atoms with Crippen molar-refractivity contribution in [1.29, 1.82) is 0 Å². The van der Waals surface area contributed by atoms with E-state index in [1.54, 1.807) is 18.1 Å². The second-order valence-corrected chi connectivity index (χ2v) is 8.85. The number of ether oxygens (including phenoxy) is 1. The van der Waals surface area contributed by atoms with Gasteiger partial charge in [0, 0.05) is 50.7 Å². The zero-order valence-electron chi connectivity index (χ0n) is 20.7. The van der Waals surface area contributed by atoms with Crippen LogP contribution in [-0.2, 0) is 24.8 Å². The normalized spacial score (nSPS) is 13.9. The maximum Gasteiger partial charge on any atom is 0.332 e. The second kappa shape index (κ2) is 10.8. The molecule has 1 amide bonds. The molecule has 0 bridgehead atoms. The molecule has 0 N–H and O–H groups in total. The molecule has 3 aromatic rings. The van der Waals surface area contributed by atoms with Gasteiger partial charge in [-0.3, -0.25) is 14.2 Å². The second-order valence-electron chi connectivity index (χ2n) is 8.85. The molecule has 0 aliphatic carbocycles. The molecule has 4 rings (SSSR count). The lowest BCUT2D eigenvalue weighted by Gasteiger charge is -2.36. The SMILES string of the molecule is CCCOc1c(CCC)cnc2c1c(=O)n(CC(=O)N1CCN(c3ccccc3)CC1)c(=O)n2C. The van der Waals surface area contributed by atoms with Gasteiger partial charge in [-0.1, -0.05) is 38.5 Å². The Morgan fingerprint density at radius 1 is 1.03 bits per heavy atom. The van der Waals surface area contributed by atoms with Crippen molar-refractivity contribution in [1.82, 2.24) is 19.0 Å². The van der Waals surface area contributed by atoms with E-state index in [0.717, 1.165) is 28.7 Å². The molecule has 9 heteroatoms. The molecule has 3 heterocycles. The molecule has 35 heavy (non-hydrogen) atoms. The zero-order valence-corrected chi connectivity index (χ0v) is 20.7. The third-order valence-electron chi connectivity index (χ3n) is 6.40. The lowest BCUT2D eigenvalue weighted by atomic mass is 10.1. The van der Waals surface area contributed by atoms with Gasteiger partial charge < -0.3 is 14.5 Å². The van der Waals surface area contributed by atoms with E-state index in [4.69, 9.17) is 4.74 Å². The first-order valence-corrected chi connectivity index (χ1v) is 12.3. The van der Waals surface area contributed by atoms with Crippen molar-refractivity contribution in [3.05, 3.63) is 62.9 Å². The minimum Gasteiger partial charge on any atom is -0.492 e. The Labute approximate surface area is 204 Å². The first-order valence-electron chi connectivity index (χ1n) is 12.3. The van der Waals surface area contributed by atoms with Gasteiger partial charge in [0.15, 0.2) is 5.65 Å². The van der Waals surface area contributed by atoms with Gasteiger partial charge in [0.05, 0.1) is 6.61 Å². The lowest BCUT2D eigenvalue weighted by Crippen LogP contribution is -2.51. The molecule has 186 valence electrons. The Kier molecular flexibility index (Phi) is 7.53. The summed E-state index contributed by atoms with van der Waals surface area (Å²) in [5, 5.41) is 0.258. The fourth-order valence-electron chi connectivity index (χ4n) is 4.51. The van der Waals surface area contributed by atoms with E-state index in [1.165, 1.54) is 4.57 Å². The fourth-order valence-corrected chi connectivity index (χ4v) is 4.51. The van der Waals surface area contributed by atoms with Crippen LogP contribution in [0.1, 0.15) is 32.3 Å². The third-order valence-corrected chi connectivity index (χ3v) is 6.40. The summed E-state index contributed by atoms with van der Waals surface area (Å²) < 4.78 is 8.33. The number of aromatic nitrogens is 3. The number of amides is 1. The van der Waals surface area contributed by atoms with Crippen molar-refractivity contribution < 1.29 is 9.53 Å². The van der Waals surface area contributed by atoms with Gasteiger partial charge in [-0.05, 0) is 25.0 Å². The van der Waals surface area contributed by atoms with Crippen LogP contribution >= 0.6 is 0 Å². The van der Waals surface area contributed by atoms with Gasteiger partial charge in [-0.25, -0.2) is 14.3 Å². The highest BCUT2D eigenvalue weighted by molar-refractivity contribution is 5.83. The Morgan fingerprint density at radius 2 is 1.74 bits per heavy atom. The molecule has 0 atom stereocenters. The van der Waals surface area contributed by atoms with E-state index in [0.29, 0.717) is 45.0 Å². The van der Waals surface area contributed by atoms with E-state index in [-0.39, 0.29) is 23.5 Å². The van der Waals surface area contributed by atoms with Crippen molar-refractivity contribution in [2.75, 3.05) is 37.7 Å². The Morgan fingerprint density at radius 3 is 2.40 bits per heavy atom. The number of rotatable bonds is 8. The predicted octanol–water partition coefficient (Wildman–Crippen LogP) is 2.19. The van der Waals surface area contributed by atoms with Crippen LogP contribution in [0.4, 0.5) is 5.69 Å². The number of hydrogen-bond acceptors (Lipinski definition) is 6. The van der Waals surface area contributed by atoms with Crippen molar-refractivity contribution in [3.8, 4) is 5.75 Å². The van der Waals surface area contributed by atoms with Gasteiger partial charge >= 0.3 is 5.69 Å². The van der Waals surface area contributed by atoms with Crippen LogP contribution in [0.2, 0.25) is 0 Å². The first-order chi connectivity index (χ1) is 17.0. The van der Waals surface area contributed by atoms with Gasteiger partial charge in [-0.2, -0.15) is 0 Å². The van der Waals surface area contributed by atoms with Crippen LogP contribution in [0.25, 0.3) is 11.0 Å². The van der Waals surface area contributed by atoms with Crippen LogP contribution < -0.4 is 20.9 Å². The number of piperazine rings is 1. The molecule has 0 spiro atoms. The predicted molar refractivity (Wildman–Crippen MR) is 136 cm³/mol. The van der Waals surface area contributed by atoms with E-state index in [1.807, 2.05) is 32.0 Å². The molecular weight excluding hydrogens is 446 g/mol. The number of carbonyl (C=O) groups is 1. The van der Waals surface area contributed by atoms with Crippen LogP contribution in [0, 0.1) is 0 Å². The highest BCUT2D eigenvalue weighted by Gasteiger charge is 2.25. The van der Waals surface area contributed by atoms with Gasteiger partial charge in [0.25, 0.3) is 5.56 Å². The highest BCUT2D eigenvalue weighted by Crippen LogP contribution is 2.26. The number of benzene rings is 1. The molecule has 1 aliphatic heterocycles. The summed E-state index contributed by atoms with van der Waals surface area (Å²) in [6.45, 7) is 6.63. The summed E-state index contributed by atoms with van der Waals surface area (Å²) in [4.78, 5) is 48.1. The molecule has 1 saturated heterocycles. The number of pyridine rings is 1. The molecule has 0 unspecified atom stereocenters. The smallest absolute Gasteiger partial charge is 0.332 e. The summed E-state index contributed by atoms with van der Waals surface area (Å²) in [7, 11) is 1.57. The minimum absolute atomic E-state index is 0.245. The largest absolute Gasteiger partial charge is 0.492 e. The Bertz CT molecular complexity index is 1310. The summed E-state index contributed by atoms with van der Waals surface area (Å²) in [5.41, 5.74) is 1.13. The lowest BCUT2D eigenvalue weighted by molar-refractivity contribution is -0.132. The number of fused-ring (bicyclic) bond motifs is 1. The molecule has 1 fully saturated rings. The standard InChI is InChI=1S/C26H33N5O4/c1-4-9-19-17-27-24-22(23(19)35-16-5-2)25(33)31(26(34)28(24)3)18-21(32)30-14-12-29(13-15-30)20-10-7-6-8-11-20/h6-8,10-11,17H,4-5,9,12-16,18H2,1-3H3. The molecular formula is C26H33N5O4. The van der Waals surface area contributed by atoms with Crippen molar-refractivity contribution in [3.63, 3.8) is 0 Å². The average molecular weight is 480 g/mol. The number of nitrogens with zero attached hydrogens (tertiary/aromatic N) is 5. The Balaban J connectivity index is 1.63. The van der Waals surface area contributed by atoms with Crippen molar-refractivity contribution in [2.45, 2.75) is 39.7 Å². The highest BCUT2D eigenvalue weighted by atomic mass is 16.5. The number of hydrogen-bond donors (Lipinski definition) is 0. The molecule has 1 aromatic carbocycles. The van der Waals surface area contributed by atoms with E-state index in [9.17, 15) is 14.4 Å². The summed E-state index contributed by atoms with van der Waals surface area (Å²) in [6, 6.07) is 10.1. The molecule has 0 radical (unpaired) electrons. The van der Waals surface area contributed by atoms with Crippen molar-refractivity contribution in [2.24, 2.45) is 7.05 Å². The number of para-hydroxylation sites is 1. The van der Waals surface area contributed by atoms with E-state index >= 15 is 0 Å². The number of aryl methyl sites for hydroxylation is 2. The molecule has 2 aromatic heterocycles. The molecule has 1 aliphatic rings. The van der Waals surface area contributed by atoms with Gasteiger partial charge in [0.1, 0.15) is 17.7 Å². The molecule has 9 nitrogen and oxygen atoms in total. The van der Waals surface area contributed by atoms with Crippen LogP contribution in [0.15, 0.2) is 46.1 Å². The maximum atomic E-state index is 13.5. The summed E-state index contributed by atoms with van der Waals surface area (Å²) in [5.74, 6) is 0.224.